The van der Waals surface area contributed by atoms with E-state index in [-0.39, 0.29) is 17.5 Å². The standard InChI is InChI=1S/C13H18N2O3S/c1-10(2)18-7-6-15-19(16,17)13-5-4-12(9-14)8-11(13)3/h4-5,8,10,15H,6-7H2,1-3H3. The first-order valence-corrected chi connectivity index (χ1v) is 7.47. The highest BCUT2D eigenvalue weighted by Crippen LogP contribution is 2.16. The summed E-state index contributed by atoms with van der Waals surface area (Å²) < 4.78 is 31.8. The molecule has 5 nitrogen and oxygen atoms in total. The van der Waals surface area contributed by atoms with Crippen molar-refractivity contribution in [3.05, 3.63) is 29.3 Å². The second-order valence-corrected chi connectivity index (χ2v) is 6.14. The van der Waals surface area contributed by atoms with E-state index in [9.17, 15) is 8.42 Å². The highest BCUT2D eigenvalue weighted by molar-refractivity contribution is 7.89. The summed E-state index contributed by atoms with van der Waals surface area (Å²) >= 11 is 0. The number of rotatable bonds is 6. The lowest BCUT2D eigenvalue weighted by atomic mass is 10.2. The fraction of sp³-hybridized carbons (Fsp3) is 0.462. The normalized spacial score (nSPS) is 11.5. The topological polar surface area (TPSA) is 79.2 Å². The molecular formula is C13H18N2O3S. The summed E-state index contributed by atoms with van der Waals surface area (Å²) in [5, 5.41) is 8.75. The van der Waals surface area contributed by atoms with Crippen molar-refractivity contribution >= 4 is 10.0 Å². The summed E-state index contributed by atoms with van der Waals surface area (Å²) in [6.07, 6.45) is 0.0705. The Labute approximate surface area is 114 Å². The van der Waals surface area contributed by atoms with Crippen LogP contribution in [0.1, 0.15) is 25.0 Å². The molecule has 1 rings (SSSR count). The predicted molar refractivity (Wildman–Crippen MR) is 72.2 cm³/mol. The number of ether oxygens (including phenoxy) is 1. The van der Waals surface area contributed by atoms with Gasteiger partial charge in [0.05, 0.1) is 29.2 Å². The largest absolute Gasteiger partial charge is 0.377 e. The lowest BCUT2D eigenvalue weighted by molar-refractivity contribution is 0.0834. The summed E-state index contributed by atoms with van der Waals surface area (Å²) in [5.41, 5.74) is 0.996. The van der Waals surface area contributed by atoms with Gasteiger partial charge in [-0.2, -0.15) is 5.26 Å². The highest BCUT2D eigenvalue weighted by atomic mass is 32.2. The summed E-state index contributed by atoms with van der Waals surface area (Å²) in [4.78, 5) is 0.191. The van der Waals surface area contributed by atoms with Gasteiger partial charge in [0.25, 0.3) is 0 Å². The monoisotopic (exact) mass is 282 g/mol. The van der Waals surface area contributed by atoms with Crippen molar-refractivity contribution < 1.29 is 13.2 Å². The lowest BCUT2D eigenvalue weighted by Crippen LogP contribution is -2.28. The van der Waals surface area contributed by atoms with Crippen LogP contribution in [-0.2, 0) is 14.8 Å². The Kier molecular flexibility index (Phi) is 5.48. The number of sulfonamides is 1. The van der Waals surface area contributed by atoms with Crippen LogP contribution in [0.3, 0.4) is 0 Å². The van der Waals surface area contributed by atoms with E-state index in [1.165, 1.54) is 12.1 Å². The molecule has 6 heteroatoms. The third kappa shape index (κ3) is 4.63. The van der Waals surface area contributed by atoms with E-state index in [0.29, 0.717) is 17.7 Å². The maximum atomic E-state index is 12.0. The Morgan fingerprint density at radius 2 is 2.11 bits per heavy atom. The van der Waals surface area contributed by atoms with Gasteiger partial charge in [0.1, 0.15) is 0 Å². The van der Waals surface area contributed by atoms with Gasteiger partial charge in [-0.05, 0) is 44.5 Å². The molecule has 1 N–H and O–H groups in total. The van der Waals surface area contributed by atoms with Gasteiger partial charge in [-0.15, -0.1) is 0 Å². The molecule has 1 aromatic rings. The predicted octanol–water partition coefficient (Wildman–Crippen LogP) is 1.57. The van der Waals surface area contributed by atoms with Crippen molar-refractivity contribution in [2.75, 3.05) is 13.2 Å². The number of aryl methyl sites for hydroxylation is 1. The van der Waals surface area contributed by atoms with E-state index < -0.39 is 10.0 Å². The Morgan fingerprint density at radius 3 is 2.63 bits per heavy atom. The van der Waals surface area contributed by atoms with Crippen LogP contribution in [0.5, 0.6) is 0 Å². The zero-order chi connectivity index (χ0) is 14.5. The van der Waals surface area contributed by atoms with Gasteiger partial charge >= 0.3 is 0 Å². The van der Waals surface area contributed by atoms with Crippen LogP contribution >= 0.6 is 0 Å². The zero-order valence-electron chi connectivity index (χ0n) is 11.3. The molecule has 0 radical (unpaired) electrons. The maximum Gasteiger partial charge on any atom is 0.240 e. The molecule has 1 aromatic carbocycles. The first kappa shape index (κ1) is 15.6. The quantitative estimate of drug-likeness (QED) is 0.803. The number of nitrogens with one attached hydrogen (secondary N) is 1. The first-order chi connectivity index (χ1) is 8.86. The van der Waals surface area contributed by atoms with Crippen LogP contribution in [0.2, 0.25) is 0 Å². The van der Waals surface area contributed by atoms with E-state index >= 15 is 0 Å². The Hall–Kier alpha value is -1.42. The molecule has 0 aliphatic rings. The Balaban J connectivity index is 2.75. The number of nitrogens with zero attached hydrogens (tertiary/aromatic N) is 1. The zero-order valence-corrected chi connectivity index (χ0v) is 12.1. The second kappa shape index (κ2) is 6.66. The Morgan fingerprint density at radius 1 is 1.42 bits per heavy atom. The maximum absolute atomic E-state index is 12.0. The number of benzene rings is 1. The molecule has 0 aliphatic heterocycles. The summed E-state index contributed by atoms with van der Waals surface area (Å²) in [7, 11) is -3.55. The molecule has 0 unspecified atom stereocenters. The van der Waals surface area contributed by atoms with Gasteiger partial charge < -0.3 is 4.74 Å². The van der Waals surface area contributed by atoms with Crippen LogP contribution in [-0.4, -0.2) is 27.7 Å². The van der Waals surface area contributed by atoms with E-state index in [0.717, 1.165) is 0 Å². The fourth-order valence-electron chi connectivity index (χ4n) is 1.57. The molecule has 0 bridgehead atoms. The van der Waals surface area contributed by atoms with Gasteiger partial charge in [0.2, 0.25) is 10.0 Å². The third-order valence-corrected chi connectivity index (χ3v) is 4.06. The number of nitriles is 1. The second-order valence-electron chi connectivity index (χ2n) is 4.41. The highest BCUT2D eigenvalue weighted by Gasteiger charge is 2.16. The average molecular weight is 282 g/mol. The van der Waals surface area contributed by atoms with Crippen molar-refractivity contribution in [3.63, 3.8) is 0 Å². The molecule has 0 fully saturated rings. The van der Waals surface area contributed by atoms with Gasteiger partial charge in [-0.25, -0.2) is 13.1 Å². The van der Waals surface area contributed by atoms with Crippen molar-refractivity contribution in [1.29, 1.82) is 5.26 Å². The third-order valence-electron chi connectivity index (χ3n) is 2.44. The molecule has 19 heavy (non-hydrogen) atoms. The van der Waals surface area contributed by atoms with Crippen molar-refractivity contribution in [1.82, 2.24) is 4.72 Å². The molecular weight excluding hydrogens is 264 g/mol. The van der Waals surface area contributed by atoms with Gasteiger partial charge in [0, 0.05) is 6.54 Å². The van der Waals surface area contributed by atoms with Crippen LogP contribution < -0.4 is 4.72 Å². The number of hydrogen-bond acceptors (Lipinski definition) is 4. The van der Waals surface area contributed by atoms with Crippen molar-refractivity contribution in [2.24, 2.45) is 0 Å². The summed E-state index contributed by atoms with van der Waals surface area (Å²) in [5.74, 6) is 0. The molecule has 0 aromatic heterocycles. The SMILES string of the molecule is Cc1cc(C#N)ccc1S(=O)(=O)NCCOC(C)C. The van der Waals surface area contributed by atoms with E-state index in [1.54, 1.807) is 13.0 Å². The van der Waals surface area contributed by atoms with E-state index in [2.05, 4.69) is 4.72 Å². The van der Waals surface area contributed by atoms with E-state index in [1.807, 2.05) is 19.9 Å². The van der Waals surface area contributed by atoms with Crippen molar-refractivity contribution in [2.45, 2.75) is 31.8 Å². The van der Waals surface area contributed by atoms with Crippen LogP contribution in [0, 0.1) is 18.3 Å². The fourth-order valence-corrected chi connectivity index (χ4v) is 2.81. The molecule has 0 saturated heterocycles. The molecule has 0 spiro atoms. The molecule has 0 heterocycles. The minimum Gasteiger partial charge on any atom is -0.377 e. The van der Waals surface area contributed by atoms with E-state index in [4.69, 9.17) is 10.00 Å². The minimum atomic E-state index is -3.55. The Bertz CT molecular complexity index is 574. The van der Waals surface area contributed by atoms with Gasteiger partial charge in [-0.3, -0.25) is 0 Å². The first-order valence-electron chi connectivity index (χ1n) is 5.99. The lowest BCUT2D eigenvalue weighted by Gasteiger charge is -2.11. The van der Waals surface area contributed by atoms with Gasteiger partial charge in [0.15, 0.2) is 0 Å². The minimum absolute atomic E-state index is 0.0705. The summed E-state index contributed by atoms with van der Waals surface area (Å²) in [6.45, 7) is 5.99. The average Bonchev–Trinajstić information content (AvgIpc) is 2.34. The molecule has 0 amide bonds. The van der Waals surface area contributed by atoms with Crippen LogP contribution in [0.15, 0.2) is 23.1 Å². The van der Waals surface area contributed by atoms with Crippen molar-refractivity contribution in [3.8, 4) is 6.07 Å². The van der Waals surface area contributed by atoms with Gasteiger partial charge in [-0.1, -0.05) is 0 Å². The molecule has 104 valence electrons. The molecule has 0 aliphatic carbocycles. The molecule has 0 atom stereocenters. The van der Waals surface area contributed by atoms with Crippen LogP contribution in [0.4, 0.5) is 0 Å². The van der Waals surface area contributed by atoms with Crippen LogP contribution in [0.25, 0.3) is 0 Å². The molecule has 0 saturated carbocycles. The number of hydrogen-bond donors (Lipinski definition) is 1. The smallest absolute Gasteiger partial charge is 0.240 e. The summed E-state index contributed by atoms with van der Waals surface area (Å²) in [6, 6.07) is 6.47.